The lowest BCUT2D eigenvalue weighted by Gasteiger charge is -2.08. The summed E-state index contributed by atoms with van der Waals surface area (Å²) in [5, 5.41) is 2.37. The van der Waals surface area contributed by atoms with Crippen LogP contribution in [0.4, 0.5) is 0 Å². The fraction of sp³-hybridized carbons (Fsp3) is 0.312. The molecule has 0 unspecified atom stereocenters. The van der Waals surface area contributed by atoms with Crippen molar-refractivity contribution in [1.82, 2.24) is 0 Å². The molecule has 0 aliphatic heterocycles. The molecule has 0 spiro atoms. The zero-order valence-electron chi connectivity index (χ0n) is 9.86. The highest BCUT2D eigenvalue weighted by Gasteiger charge is 2.23. The molecule has 1 saturated carbocycles. The molecule has 0 aromatic heterocycles. The minimum atomic E-state index is 0.274. The molecule has 0 amide bonds. The van der Waals surface area contributed by atoms with Gasteiger partial charge in [0.1, 0.15) is 0 Å². The number of benzene rings is 2. The summed E-state index contributed by atoms with van der Waals surface area (Å²) < 4.78 is 0. The van der Waals surface area contributed by atoms with Crippen molar-refractivity contribution in [3.8, 4) is 0 Å². The van der Waals surface area contributed by atoms with Gasteiger partial charge in [-0.15, -0.1) is 0 Å². The molecule has 86 valence electrons. The Kier molecular flexibility index (Phi) is 2.68. The predicted molar refractivity (Wildman–Crippen MR) is 70.2 cm³/mol. The summed E-state index contributed by atoms with van der Waals surface area (Å²) in [5.74, 6) is 0.615. The van der Waals surface area contributed by atoms with E-state index in [1.54, 1.807) is 0 Å². The Morgan fingerprint density at radius 2 is 1.65 bits per heavy atom. The molecular weight excluding hydrogens is 208 g/mol. The number of fused-ring (bicyclic) bond motifs is 1. The van der Waals surface area contributed by atoms with E-state index in [-0.39, 0.29) is 5.92 Å². The molecule has 1 nitrogen and oxygen atoms in total. The summed E-state index contributed by atoms with van der Waals surface area (Å²) >= 11 is 0. The fourth-order valence-corrected chi connectivity index (χ4v) is 2.77. The van der Waals surface area contributed by atoms with Crippen molar-refractivity contribution < 1.29 is 4.79 Å². The molecular formula is C16H16O. The first-order chi connectivity index (χ1) is 8.34. The highest BCUT2D eigenvalue weighted by Crippen LogP contribution is 2.28. The van der Waals surface area contributed by atoms with Gasteiger partial charge in [-0.05, 0) is 29.7 Å². The van der Waals surface area contributed by atoms with Gasteiger partial charge >= 0.3 is 0 Å². The quantitative estimate of drug-likeness (QED) is 0.698. The second-order valence-corrected chi connectivity index (χ2v) is 4.91. The molecule has 0 radical (unpaired) electrons. The van der Waals surface area contributed by atoms with Crippen LogP contribution < -0.4 is 0 Å². The average molecular weight is 224 g/mol. The van der Waals surface area contributed by atoms with Crippen LogP contribution in [-0.2, 0) is 0 Å². The van der Waals surface area contributed by atoms with Gasteiger partial charge in [0.05, 0.1) is 0 Å². The first-order valence-corrected chi connectivity index (χ1v) is 6.37. The summed E-state index contributed by atoms with van der Waals surface area (Å²) in [7, 11) is 0. The van der Waals surface area contributed by atoms with E-state index < -0.39 is 0 Å². The average Bonchev–Trinajstić information content (AvgIpc) is 2.91. The number of ketones is 1. The number of Topliss-reactive ketones (excluding diaryl/α,β-unsaturated/α-hetero) is 1. The Morgan fingerprint density at radius 1 is 0.941 bits per heavy atom. The number of rotatable bonds is 2. The monoisotopic (exact) mass is 224 g/mol. The van der Waals surface area contributed by atoms with Crippen molar-refractivity contribution in [3.63, 3.8) is 0 Å². The summed E-state index contributed by atoms with van der Waals surface area (Å²) in [6.45, 7) is 0. The van der Waals surface area contributed by atoms with Crippen LogP contribution in [0.1, 0.15) is 36.0 Å². The topological polar surface area (TPSA) is 17.1 Å². The van der Waals surface area contributed by atoms with E-state index in [4.69, 9.17) is 0 Å². The second-order valence-electron chi connectivity index (χ2n) is 4.91. The summed E-state index contributed by atoms with van der Waals surface area (Å²) in [4.78, 5) is 12.3. The highest BCUT2D eigenvalue weighted by molar-refractivity contribution is 6.01. The maximum absolute atomic E-state index is 12.3. The van der Waals surface area contributed by atoms with Crippen molar-refractivity contribution in [2.75, 3.05) is 0 Å². The Hall–Kier alpha value is -1.63. The molecule has 3 rings (SSSR count). The first kappa shape index (κ1) is 10.5. The first-order valence-electron chi connectivity index (χ1n) is 6.37. The van der Waals surface area contributed by atoms with E-state index in [9.17, 15) is 4.79 Å². The van der Waals surface area contributed by atoms with Crippen molar-refractivity contribution >= 4 is 16.6 Å². The normalized spacial score (nSPS) is 16.5. The van der Waals surface area contributed by atoms with Crippen LogP contribution in [-0.4, -0.2) is 5.78 Å². The second kappa shape index (κ2) is 4.33. The van der Waals surface area contributed by atoms with Gasteiger partial charge in [-0.25, -0.2) is 0 Å². The minimum absolute atomic E-state index is 0.274. The lowest BCUT2D eigenvalue weighted by molar-refractivity contribution is 0.0923. The largest absolute Gasteiger partial charge is 0.294 e. The number of carbonyl (C=O) groups excluding carboxylic acids is 1. The van der Waals surface area contributed by atoms with E-state index in [2.05, 4.69) is 18.2 Å². The van der Waals surface area contributed by atoms with Crippen molar-refractivity contribution in [1.29, 1.82) is 0 Å². The zero-order chi connectivity index (χ0) is 11.7. The highest BCUT2D eigenvalue weighted by atomic mass is 16.1. The van der Waals surface area contributed by atoms with Gasteiger partial charge in [0, 0.05) is 11.5 Å². The Balaban J connectivity index is 1.97. The van der Waals surface area contributed by atoms with E-state index in [1.165, 1.54) is 18.2 Å². The van der Waals surface area contributed by atoms with Crippen LogP contribution >= 0.6 is 0 Å². The molecule has 1 aliphatic rings. The van der Waals surface area contributed by atoms with Gasteiger partial charge in [0.25, 0.3) is 0 Å². The third kappa shape index (κ3) is 1.97. The van der Waals surface area contributed by atoms with Crippen LogP contribution in [0.2, 0.25) is 0 Å². The van der Waals surface area contributed by atoms with Crippen molar-refractivity contribution in [3.05, 3.63) is 48.0 Å². The van der Waals surface area contributed by atoms with Gasteiger partial charge in [0.2, 0.25) is 0 Å². The van der Waals surface area contributed by atoms with E-state index in [1.807, 2.05) is 24.3 Å². The maximum Gasteiger partial charge on any atom is 0.165 e. The van der Waals surface area contributed by atoms with Crippen LogP contribution in [0.3, 0.4) is 0 Å². The van der Waals surface area contributed by atoms with E-state index >= 15 is 0 Å². The Morgan fingerprint density at radius 3 is 2.41 bits per heavy atom. The van der Waals surface area contributed by atoms with Gasteiger partial charge in [-0.3, -0.25) is 4.79 Å². The van der Waals surface area contributed by atoms with E-state index in [0.717, 1.165) is 23.8 Å². The summed E-state index contributed by atoms with van der Waals surface area (Å²) in [6, 6.07) is 14.3. The number of carbonyl (C=O) groups is 1. The molecule has 0 heterocycles. The SMILES string of the molecule is O=C(c1ccc2ccccc2c1)C1CCCC1. The lowest BCUT2D eigenvalue weighted by Crippen LogP contribution is -2.10. The van der Waals surface area contributed by atoms with Crippen molar-refractivity contribution in [2.24, 2.45) is 5.92 Å². The predicted octanol–water partition coefficient (Wildman–Crippen LogP) is 4.21. The van der Waals surface area contributed by atoms with Gasteiger partial charge in [-0.2, -0.15) is 0 Å². The lowest BCUT2D eigenvalue weighted by atomic mass is 9.95. The molecule has 1 fully saturated rings. The summed E-state index contributed by atoms with van der Waals surface area (Å²) in [6.07, 6.45) is 4.57. The van der Waals surface area contributed by atoms with Crippen LogP contribution in [0, 0.1) is 5.92 Å². The number of hydrogen-bond donors (Lipinski definition) is 0. The molecule has 2 aromatic carbocycles. The molecule has 0 saturated heterocycles. The summed E-state index contributed by atoms with van der Waals surface area (Å²) in [5.41, 5.74) is 0.885. The Bertz CT molecular complexity index is 550. The molecule has 1 aliphatic carbocycles. The van der Waals surface area contributed by atoms with Crippen LogP contribution in [0.5, 0.6) is 0 Å². The van der Waals surface area contributed by atoms with Gasteiger partial charge < -0.3 is 0 Å². The maximum atomic E-state index is 12.3. The molecule has 0 N–H and O–H groups in total. The Labute approximate surface area is 101 Å². The van der Waals surface area contributed by atoms with Crippen LogP contribution in [0.25, 0.3) is 10.8 Å². The van der Waals surface area contributed by atoms with Crippen LogP contribution in [0.15, 0.2) is 42.5 Å². The molecule has 0 atom stereocenters. The molecule has 2 aromatic rings. The smallest absolute Gasteiger partial charge is 0.165 e. The zero-order valence-corrected chi connectivity index (χ0v) is 9.86. The third-order valence-corrected chi connectivity index (χ3v) is 3.76. The fourth-order valence-electron chi connectivity index (χ4n) is 2.77. The van der Waals surface area contributed by atoms with Crippen molar-refractivity contribution in [2.45, 2.75) is 25.7 Å². The van der Waals surface area contributed by atoms with Gasteiger partial charge in [0.15, 0.2) is 5.78 Å². The molecule has 0 bridgehead atoms. The van der Waals surface area contributed by atoms with Gasteiger partial charge in [-0.1, -0.05) is 49.2 Å². The molecule has 17 heavy (non-hydrogen) atoms. The number of hydrogen-bond acceptors (Lipinski definition) is 1. The van der Waals surface area contributed by atoms with E-state index in [0.29, 0.717) is 5.78 Å². The minimum Gasteiger partial charge on any atom is -0.294 e. The standard InChI is InChI=1S/C16H16O/c17-16(13-6-2-3-7-13)15-10-9-12-5-1-4-8-14(12)11-15/h1,4-5,8-11,13H,2-3,6-7H2. The third-order valence-electron chi connectivity index (χ3n) is 3.76. The molecule has 1 heteroatoms.